The van der Waals surface area contributed by atoms with Crippen LogP contribution in [0.5, 0.6) is 5.75 Å². The molecule has 0 bridgehead atoms. The molecule has 0 aromatic heterocycles. The van der Waals surface area contributed by atoms with E-state index in [1.165, 1.54) is 0 Å². The topological polar surface area (TPSA) is 38.3 Å². The van der Waals surface area contributed by atoms with Crippen molar-refractivity contribution < 1.29 is 9.53 Å². The Morgan fingerprint density at radius 2 is 1.83 bits per heavy atom. The van der Waals surface area contributed by atoms with Gasteiger partial charge in [-0.25, -0.2) is 0 Å². The van der Waals surface area contributed by atoms with Crippen LogP contribution in [0.3, 0.4) is 0 Å². The van der Waals surface area contributed by atoms with E-state index in [0.717, 1.165) is 27.6 Å². The fraction of sp³-hybridized carbons (Fsp3) is 0.316. The number of nitrogens with one attached hydrogen (secondary N) is 1. The number of para-hydroxylation sites is 2. The minimum atomic E-state index is -0.146. The lowest BCUT2D eigenvalue weighted by atomic mass is 10.0. The number of hydrogen-bond acceptors (Lipinski definition) is 3. The highest BCUT2D eigenvalue weighted by molar-refractivity contribution is 7.99. The Bertz CT molecular complexity index is 655. The van der Waals surface area contributed by atoms with Gasteiger partial charge in [-0.15, -0.1) is 11.8 Å². The first-order valence-corrected chi connectivity index (χ1v) is 8.83. The lowest BCUT2D eigenvalue weighted by molar-refractivity contribution is -0.118. The quantitative estimate of drug-likeness (QED) is 0.731. The number of rotatable bonds is 7. The molecule has 4 heteroatoms. The summed E-state index contributed by atoms with van der Waals surface area (Å²) in [4.78, 5) is 13.3. The fourth-order valence-electron chi connectivity index (χ4n) is 2.27. The second-order valence-corrected chi connectivity index (χ2v) is 6.76. The van der Waals surface area contributed by atoms with Crippen LogP contribution in [0.1, 0.15) is 32.3 Å². The number of amides is 1. The number of anilines is 1. The number of carbonyl (C=O) groups is 1. The smallest absolute Gasteiger partial charge is 0.262 e. The zero-order valence-corrected chi connectivity index (χ0v) is 14.7. The minimum Gasteiger partial charge on any atom is -0.483 e. The molecule has 2 aromatic rings. The zero-order valence-electron chi connectivity index (χ0n) is 13.8. The highest BCUT2D eigenvalue weighted by Crippen LogP contribution is 2.27. The van der Waals surface area contributed by atoms with Gasteiger partial charge in [0, 0.05) is 4.90 Å². The third kappa shape index (κ3) is 5.03. The Morgan fingerprint density at radius 3 is 2.57 bits per heavy atom. The summed E-state index contributed by atoms with van der Waals surface area (Å²) < 4.78 is 5.71. The highest BCUT2D eigenvalue weighted by atomic mass is 32.2. The van der Waals surface area contributed by atoms with Crippen molar-refractivity contribution in [2.24, 2.45) is 0 Å². The Balaban J connectivity index is 1.99. The van der Waals surface area contributed by atoms with Crippen molar-refractivity contribution in [3.8, 4) is 5.75 Å². The summed E-state index contributed by atoms with van der Waals surface area (Å²) >= 11 is 1.71. The Kier molecular flexibility index (Phi) is 6.53. The lowest BCUT2D eigenvalue weighted by Gasteiger charge is -2.14. The van der Waals surface area contributed by atoms with E-state index in [2.05, 4.69) is 26.1 Å². The van der Waals surface area contributed by atoms with Crippen LogP contribution in [0.15, 0.2) is 53.4 Å². The predicted molar refractivity (Wildman–Crippen MR) is 97.5 cm³/mol. The van der Waals surface area contributed by atoms with Gasteiger partial charge in [0.05, 0.1) is 5.69 Å². The van der Waals surface area contributed by atoms with Crippen LogP contribution in [0.2, 0.25) is 0 Å². The number of carbonyl (C=O) groups excluding carboxylic acids is 1. The maximum atomic E-state index is 12.2. The first kappa shape index (κ1) is 17.4. The maximum Gasteiger partial charge on any atom is 0.262 e. The predicted octanol–water partition coefficient (Wildman–Crippen LogP) is 4.94. The van der Waals surface area contributed by atoms with E-state index in [0.29, 0.717) is 5.92 Å². The van der Waals surface area contributed by atoms with E-state index < -0.39 is 0 Å². The van der Waals surface area contributed by atoms with E-state index in [9.17, 15) is 4.79 Å². The number of hydrogen-bond donors (Lipinski definition) is 1. The van der Waals surface area contributed by atoms with Crippen molar-refractivity contribution in [3.63, 3.8) is 0 Å². The molecule has 0 saturated carbocycles. The van der Waals surface area contributed by atoms with E-state index in [4.69, 9.17) is 4.74 Å². The summed E-state index contributed by atoms with van der Waals surface area (Å²) in [6.45, 7) is 6.32. The SMILES string of the molecule is CCSc1ccccc1NC(=O)COc1ccccc1C(C)C. The highest BCUT2D eigenvalue weighted by Gasteiger charge is 2.10. The van der Waals surface area contributed by atoms with E-state index in [1.807, 2.05) is 48.5 Å². The van der Waals surface area contributed by atoms with Crippen LogP contribution in [-0.2, 0) is 4.79 Å². The molecule has 1 amide bonds. The molecular weight excluding hydrogens is 306 g/mol. The van der Waals surface area contributed by atoms with Gasteiger partial charge in [-0.3, -0.25) is 4.79 Å². The van der Waals surface area contributed by atoms with E-state index in [1.54, 1.807) is 11.8 Å². The molecule has 0 aliphatic rings. The van der Waals surface area contributed by atoms with E-state index >= 15 is 0 Å². The van der Waals surface area contributed by atoms with Gasteiger partial charge >= 0.3 is 0 Å². The normalized spacial score (nSPS) is 10.6. The Labute approximate surface area is 142 Å². The summed E-state index contributed by atoms with van der Waals surface area (Å²) in [5.74, 6) is 1.95. The molecule has 0 radical (unpaired) electrons. The molecule has 0 spiro atoms. The van der Waals surface area contributed by atoms with Crippen molar-refractivity contribution in [3.05, 3.63) is 54.1 Å². The lowest BCUT2D eigenvalue weighted by Crippen LogP contribution is -2.21. The van der Waals surface area contributed by atoms with Crippen molar-refractivity contribution in [2.45, 2.75) is 31.6 Å². The molecule has 0 unspecified atom stereocenters. The molecule has 0 aliphatic carbocycles. The molecular formula is C19H23NO2S. The van der Waals surface area contributed by atoms with Crippen LogP contribution in [-0.4, -0.2) is 18.3 Å². The van der Waals surface area contributed by atoms with Crippen LogP contribution < -0.4 is 10.1 Å². The minimum absolute atomic E-state index is 0.00879. The van der Waals surface area contributed by atoms with Crippen molar-refractivity contribution >= 4 is 23.4 Å². The Hall–Kier alpha value is -1.94. The largest absolute Gasteiger partial charge is 0.483 e. The summed E-state index contributed by atoms with van der Waals surface area (Å²) in [5.41, 5.74) is 1.95. The molecule has 23 heavy (non-hydrogen) atoms. The van der Waals surface area contributed by atoms with Gasteiger partial charge in [0.1, 0.15) is 5.75 Å². The first-order chi connectivity index (χ1) is 11.1. The molecule has 0 aliphatic heterocycles. The molecule has 0 saturated heterocycles. The molecule has 2 aromatic carbocycles. The van der Waals surface area contributed by atoms with Gasteiger partial charge in [0.15, 0.2) is 6.61 Å². The maximum absolute atomic E-state index is 12.2. The monoisotopic (exact) mass is 329 g/mol. The molecule has 1 N–H and O–H groups in total. The van der Waals surface area contributed by atoms with Gasteiger partial charge in [-0.05, 0) is 35.4 Å². The molecule has 0 fully saturated rings. The van der Waals surface area contributed by atoms with Crippen LogP contribution >= 0.6 is 11.8 Å². The van der Waals surface area contributed by atoms with E-state index in [-0.39, 0.29) is 12.5 Å². The second-order valence-electron chi connectivity index (χ2n) is 5.46. The second kappa shape index (κ2) is 8.63. The van der Waals surface area contributed by atoms with Crippen molar-refractivity contribution in [2.75, 3.05) is 17.7 Å². The average Bonchev–Trinajstić information content (AvgIpc) is 2.55. The molecule has 0 atom stereocenters. The van der Waals surface area contributed by atoms with Gasteiger partial charge in [-0.1, -0.05) is 51.1 Å². The number of ether oxygens (including phenoxy) is 1. The molecule has 122 valence electrons. The summed E-state index contributed by atoms with van der Waals surface area (Å²) in [6, 6.07) is 15.7. The van der Waals surface area contributed by atoms with Crippen LogP contribution in [0.4, 0.5) is 5.69 Å². The summed E-state index contributed by atoms with van der Waals surface area (Å²) in [6.07, 6.45) is 0. The third-order valence-electron chi connectivity index (χ3n) is 3.36. The van der Waals surface area contributed by atoms with Crippen molar-refractivity contribution in [1.82, 2.24) is 0 Å². The van der Waals surface area contributed by atoms with Gasteiger partial charge in [-0.2, -0.15) is 0 Å². The van der Waals surface area contributed by atoms with Crippen LogP contribution in [0, 0.1) is 0 Å². The number of benzene rings is 2. The standard InChI is InChI=1S/C19H23NO2S/c1-4-23-18-12-8-6-10-16(18)20-19(21)13-22-17-11-7-5-9-15(17)14(2)3/h5-12,14H,4,13H2,1-3H3,(H,20,21). The zero-order chi connectivity index (χ0) is 16.7. The first-order valence-electron chi connectivity index (χ1n) is 7.85. The molecule has 2 rings (SSSR count). The average molecular weight is 329 g/mol. The third-order valence-corrected chi connectivity index (χ3v) is 4.32. The summed E-state index contributed by atoms with van der Waals surface area (Å²) in [7, 11) is 0. The van der Waals surface area contributed by atoms with Crippen molar-refractivity contribution in [1.29, 1.82) is 0 Å². The van der Waals surface area contributed by atoms with Gasteiger partial charge in [0.25, 0.3) is 5.91 Å². The molecule has 3 nitrogen and oxygen atoms in total. The fourth-order valence-corrected chi connectivity index (χ4v) is 3.03. The Morgan fingerprint density at radius 1 is 1.13 bits per heavy atom. The van der Waals surface area contributed by atoms with Crippen LogP contribution in [0.25, 0.3) is 0 Å². The molecule has 0 heterocycles. The summed E-state index contributed by atoms with van der Waals surface area (Å²) in [5, 5.41) is 2.93. The van der Waals surface area contributed by atoms with Gasteiger partial charge in [0.2, 0.25) is 0 Å². The number of thioether (sulfide) groups is 1. The van der Waals surface area contributed by atoms with Gasteiger partial charge < -0.3 is 10.1 Å².